The Kier molecular flexibility index (Phi) is 7.19. The second kappa shape index (κ2) is 12.3. The first-order chi connectivity index (χ1) is 26.0. The highest BCUT2D eigenvalue weighted by atomic mass is 14.9. The molecule has 10 rings (SSSR count). The lowest BCUT2D eigenvalue weighted by Gasteiger charge is -2.22. The molecule has 1 aliphatic carbocycles. The van der Waals surface area contributed by atoms with Gasteiger partial charge in [-0.25, -0.2) is 9.97 Å². The highest BCUT2D eigenvalue weighted by Gasteiger charge is 2.36. The quantitative estimate of drug-likeness (QED) is 0.181. The van der Waals surface area contributed by atoms with Gasteiger partial charge in [0.1, 0.15) is 0 Å². The number of hydrogen-bond donors (Lipinski definition) is 0. The average molecular weight is 677 g/mol. The number of fused-ring (bicyclic) bond motifs is 6. The number of aromatic nitrogens is 2. The molecule has 1 aromatic heterocycles. The number of hydrogen-bond acceptors (Lipinski definition) is 2. The zero-order chi connectivity index (χ0) is 35.5. The lowest BCUT2D eigenvalue weighted by atomic mass is 9.81. The first-order valence-electron chi connectivity index (χ1n) is 18.3. The molecule has 0 atom stereocenters. The van der Waals surface area contributed by atoms with Crippen LogP contribution in [0.1, 0.15) is 25.0 Å². The van der Waals surface area contributed by atoms with E-state index in [4.69, 9.17) is 9.97 Å². The summed E-state index contributed by atoms with van der Waals surface area (Å²) in [5, 5.41) is 4.93. The van der Waals surface area contributed by atoms with E-state index in [1.807, 2.05) is 12.1 Å². The second-order valence-electron chi connectivity index (χ2n) is 14.6. The summed E-state index contributed by atoms with van der Waals surface area (Å²) >= 11 is 0. The summed E-state index contributed by atoms with van der Waals surface area (Å²) in [5.74, 6) is 0.720. The Morgan fingerprint density at radius 1 is 0.358 bits per heavy atom. The first kappa shape index (κ1) is 31.1. The summed E-state index contributed by atoms with van der Waals surface area (Å²) in [6.45, 7) is 4.72. The lowest BCUT2D eigenvalue weighted by Crippen LogP contribution is -2.15. The van der Waals surface area contributed by atoms with Gasteiger partial charge < -0.3 is 0 Å². The average Bonchev–Trinajstić information content (AvgIpc) is 3.46. The van der Waals surface area contributed by atoms with Crippen LogP contribution < -0.4 is 0 Å². The third-order valence-corrected chi connectivity index (χ3v) is 11.1. The standard InChI is InChI=1S/C51H36N2/c1-51(2)45-30-26-34-13-9-10-18-40(34)49(45)44-27-25-38(31-46(44)51)33-21-23-35(24-22-33)39-28-29-43(42-20-12-11-19-41(39)42)50-52-47(36-14-5-3-6-15-36)32-48(53-50)37-16-7-4-8-17-37/h3-32H,1-2H3. The Balaban J connectivity index is 1.04. The minimum Gasteiger partial charge on any atom is -0.228 e. The number of rotatable bonds is 5. The molecule has 0 amide bonds. The zero-order valence-electron chi connectivity index (χ0n) is 29.7. The van der Waals surface area contributed by atoms with E-state index < -0.39 is 0 Å². The molecule has 0 aliphatic heterocycles. The van der Waals surface area contributed by atoms with Crippen LogP contribution in [-0.2, 0) is 5.41 Å². The van der Waals surface area contributed by atoms with Crippen molar-refractivity contribution in [2.45, 2.75) is 19.3 Å². The van der Waals surface area contributed by atoms with Gasteiger partial charge in [0, 0.05) is 22.1 Å². The Morgan fingerprint density at radius 3 is 1.57 bits per heavy atom. The van der Waals surface area contributed by atoms with Crippen molar-refractivity contribution >= 4 is 21.5 Å². The van der Waals surface area contributed by atoms with Crippen LogP contribution in [0.5, 0.6) is 0 Å². The van der Waals surface area contributed by atoms with Gasteiger partial charge in [0.05, 0.1) is 11.4 Å². The van der Waals surface area contributed by atoms with E-state index in [2.05, 4.69) is 184 Å². The van der Waals surface area contributed by atoms with Gasteiger partial charge in [-0.3, -0.25) is 0 Å². The van der Waals surface area contributed by atoms with Crippen molar-refractivity contribution in [2.75, 3.05) is 0 Å². The van der Waals surface area contributed by atoms with Crippen molar-refractivity contribution in [3.8, 4) is 67.3 Å². The summed E-state index contributed by atoms with van der Waals surface area (Å²) < 4.78 is 0. The molecule has 0 saturated carbocycles. The summed E-state index contributed by atoms with van der Waals surface area (Å²) in [5.41, 5.74) is 15.3. The number of benzene rings is 8. The molecule has 0 unspecified atom stereocenters. The zero-order valence-corrected chi connectivity index (χ0v) is 29.7. The molecule has 2 heteroatoms. The van der Waals surface area contributed by atoms with Crippen LogP contribution in [0.15, 0.2) is 182 Å². The van der Waals surface area contributed by atoms with Gasteiger partial charge in [-0.2, -0.15) is 0 Å². The van der Waals surface area contributed by atoms with Crippen molar-refractivity contribution in [3.63, 3.8) is 0 Å². The predicted octanol–water partition coefficient (Wildman–Crippen LogP) is 13.4. The van der Waals surface area contributed by atoms with Gasteiger partial charge in [-0.1, -0.05) is 178 Å². The minimum absolute atomic E-state index is 0.0719. The van der Waals surface area contributed by atoms with Crippen LogP contribution in [-0.4, -0.2) is 9.97 Å². The van der Waals surface area contributed by atoms with Gasteiger partial charge in [0.2, 0.25) is 0 Å². The third kappa shape index (κ3) is 5.18. The summed E-state index contributed by atoms with van der Waals surface area (Å²) in [6.07, 6.45) is 0. The van der Waals surface area contributed by atoms with Crippen molar-refractivity contribution in [2.24, 2.45) is 0 Å². The van der Waals surface area contributed by atoms with Gasteiger partial charge in [-0.15, -0.1) is 0 Å². The van der Waals surface area contributed by atoms with Crippen LogP contribution in [0.2, 0.25) is 0 Å². The van der Waals surface area contributed by atoms with Gasteiger partial charge >= 0.3 is 0 Å². The van der Waals surface area contributed by atoms with Gasteiger partial charge in [0.15, 0.2) is 5.82 Å². The van der Waals surface area contributed by atoms with Crippen LogP contribution in [0.25, 0.3) is 88.8 Å². The Morgan fingerprint density at radius 2 is 0.887 bits per heavy atom. The molecular weight excluding hydrogens is 641 g/mol. The largest absolute Gasteiger partial charge is 0.228 e. The van der Waals surface area contributed by atoms with Gasteiger partial charge in [0.25, 0.3) is 0 Å². The molecule has 0 radical (unpaired) electrons. The molecule has 53 heavy (non-hydrogen) atoms. The van der Waals surface area contributed by atoms with E-state index in [0.29, 0.717) is 0 Å². The predicted molar refractivity (Wildman–Crippen MR) is 222 cm³/mol. The SMILES string of the molecule is CC1(C)c2cc(-c3ccc(-c4ccc(-c5nc(-c6ccccc6)cc(-c6ccccc6)n5)c5ccccc45)cc3)ccc2-c2c1ccc1ccccc21. The molecule has 9 aromatic rings. The maximum Gasteiger partial charge on any atom is 0.161 e. The Hall–Kier alpha value is -6.64. The molecule has 1 aliphatic rings. The summed E-state index contributed by atoms with van der Waals surface area (Å²) in [6, 6.07) is 65.3. The number of nitrogens with zero attached hydrogens (tertiary/aromatic N) is 2. The first-order valence-corrected chi connectivity index (χ1v) is 18.3. The molecule has 0 fully saturated rings. The normalized spacial score (nSPS) is 12.9. The summed E-state index contributed by atoms with van der Waals surface area (Å²) in [4.78, 5) is 10.3. The fourth-order valence-corrected chi connectivity index (χ4v) is 8.36. The molecule has 0 bridgehead atoms. The fraction of sp³-hybridized carbons (Fsp3) is 0.0588. The lowest BCUT2D eigenvalue weighted by molar-refractivity contribution is 0.661. The van der Waals surface area contributed by atoms with Crippen LogP contribution in [0.3, 0.4) is 0 Å². The highest BCUT2D eigenvalue weighted by Crippen LogP contribution is 2.52. The second-order valence-corrected chi connectivity index (χ2v) is 14.6. The maximum absolute atomic E-state index is 5.15. The van der Waals surface area contributed by atoms with E-state index in [1.54, 1.807) is 0 Å². The molecule has 2 nitrogen and oxygen atoms in total. The van der Waals surface area contributed by atoms with Crippen LogP contribution >= 0.6 is 0 Å². The fourth-order valence-electron chi connectivity index (χ4n) is 8.36. The smallest absolute Gasteiger partial charge is 0.161 e. The highest BCUT2D eigenvalue weighted by molar-refractivity contribution is 6.05. The van der Waals surface area contributed by atoms with Crippen molar-refractivity contribution in [1.29, 1.82) is 0 Å². The monoisotopic (exact) mass is 676 g/mol. The van der Waals surface area contributed by atoms with Crippen LogP contribution in [0, 0.1) is 0 Å². The third-order valence-electron chi connectivity index (χ3n) is 11.1. The molecule has 0 saturated heterocycles. The Labute approximate surface area is 310 Å². The van der Waals surface area contributed by atoms with E-state index in [9.17, 15) is 0 Å². The van der Waals surface area contributed by atoms with Crippen molar-refractivity contribution in [1.82, 2.24) is 9.97 Å². The Bertz CT molecular complexity index is 2780. The summed E-state index contributed by atoms with van der Waals surface area (Å²) in [7, 11) is 0. The molecule has 0 N–H and O–H groups in total. The van der Waals surface area contributed by atoms with Crippen LogP contribution in [0.4, 0.5) is 0 Å². The molecule has 1 heterocycles. The maximum atomic E-state index is 5.15. The van der Waals surface area contributed by atoms with Crippen molar-refractivity contribution < 1.29 is 0 Å². The van der Waals surface area contributed by atoms with E-state index in [0.717, 1.165) is 39.3 Å². The molecular formula is C51H36N2. The van der Waals surface area contributed by atoms with E-state index in [-0.39, 0.29) is 5.41 Å². The van der Waals surface area contributed by atoms with E-state index in [1.165, 1.54) is 60.7 Å². The van der Waals surface area contributed by atoms with E-state index >= 15 is 0 Å². The molecule has 250 valence electrons. The topological polar surface area (TPSA) is 25.8 Å². The van der Waals surface area contributed by atoms with Crippen molar-refractivity contribution in [3.05, 3.63) is 193 Å². The molecule has 0 spiro atoms. The molecule has 8 aromatic carbocycles. The van der Waals surface area contributed by atoms with Gasteiger partial charge in [-0.05, 0) is 84.3 Å². The minimum atomic E-state index is -0.0719.